The van der Waals surface area contributed by atoms with Gasteiger partial charge in [-0.1, -0.05) is 6.08 Å². The minimum absolute atomic E-state index is 0.178. The third-order valence-corrected chi connectivity index (χ3v) is 5.71. The third-order valence-electron chi connectivity index (χ3n) is 4.43. The number of fused-ring (bicyclic) bond motifs is 1. The van der Waals surface area contributed by atoms with Crippen molar-refractivity contribution in [2.45, 2.75) is 45.2 Å². The predicted molar refractivity (Wildman–Crippen MR) is 95.6 cm³/mol. The number of hydrogen-bond donors (Lipinski definition) is 0. The van der Waals surface area contributed by atoms with Crippen LogP contribution in [0.5, 0.6) is 0 Å². The summed E-state index contributed by atoms with van der Waals surface area (Å²) in [5.74, 6) is 0.951. The maximum atomic E-state index is 12.1. The van der Waals surface area contributed by atoms with Crippen LogP contribution in [-0.2, 0) is 16.9 Å². The molecule has 0 saturated heterocycles. The number of allylic oxidation sites excluding steroid dienone is 2. The summed E-state index contributed by atoms with van der Waals surface area (Å²) in [5.41, 5.74) is 4.37. The molecule has 24 heavy (non-hydrogen) atoms. The van der Waals surface area contributed by atoms with Crippen molar-refractivity contribution in [2.24, 2.45) is 12.0 Å². The van der Waals surface area contributed by atoms with Gasteiger partial charge in [0.05, 0.1) is 11.2 Å². The average molecular weight is 348 g/mol. The first-order valence-electron chi connectivity index (χ1n) is 7.93. The Labute approximate surface area is 143 Å². The molecule has 0 saturated carbocycles. The summed E-state index contributed by atoms with van der Waals surface area (Å²) in [6.45, 7) is 10.9. The van der Waals surface area contributed by atoms with Gasteiger partial charge in [0.1, 0.15) is 11.5 Å². The summed E-state index contributed by atoms with van der Waals surface area (Å²) < 4.78 is 25.7. The number of aromatic nitrogens is 2. The fourth-order valence-corrected chi connectivity index (χ4v) is 4.85. The van der Waals surface area contributed by atoms with Crippen molar-refractivity contribution in [3.05, 3.63) is 28.5 Å². The molecule has 0 bridgehead atoms. The monoisotopic (exact) mass is 348 g/mol. The van der Waals surface area contributed by atoms with E-state index in [1.165, 1.54) is 10.9 Å². The molecule has 0 spiro atoms. The zero-order chi connectivity index (χ0) is 18.0. The van der Waals surface area contributed by atoms with Crippen molar-refractivity contribution in [3.8, 4) is 0 Å². The first kappa shape index (κ1) is 17.0. The van der Waals surface area contributed by atoms with Gasteiger partial charge in [-0.25, -0.2) is 8.42 Å². The summed E-state index contributed by atoms with van der Waals surface area (Å²) in [5, 5.41) is 4.80. The van der Waals surface area contributed by atoms with E-state index in [1.807, 2.05) is 13.8 Å². The number of amidine groups is 1. The van der Waals surface area contributed by atoms with Crippen LogP contribution >= 0.6 is 0 Å². The molecule has 3 heterocycles. The van der Waals surface area contributed by atoms with E-state index >= 15 is 0 Å². The van der Waals surface area contributed by atoms with Crippen LogP contribution in [-0.4, -0.2) is 47.3 Å². The van der Waals surface area contributed by atoms with E-state index in [2.05, 4.69) is 36.8 Å². The lowest BCUT2D eigenvalue weighted by Gasteiger charge is -2.29. The summed E-state index contributed by atoms with van der Waals surface area (Å²) in [6.07, 6.45) is 3.32. The van der Waals surface area contributed by atoms with E-state index in [9.17, 15) is 8.42 Å². The Hall–Kier alpha value is -1.89. The molecule has 3 rings (SSSR count). The number of rotatable bonds is 2. The summed E-state index contributed by atoms with van der Waals surface area (Å²) in [7, 11) is -1.67. The first-order chi connectivity index (χ1) is 10.9. The van der Waals surface area contributed by atoms with Gasteiger partial charge in [0, 0.05) is 25.4 Å². The molecule has 2 aliphatic rings. The highest BCUT2D eigenvalue weighted by atomic mass is 32.2. The number of aryl methyl sites for hydroxylation is 1. The Kier molecular flexibility index (Phi) is 3.57. The van der Waals surface area contributed by atoms with Crippen LogP contribution in [0.1, 0.15) is 39.0 Å². The average Bonchev–Trinajstić information content (AvgIpc) is 2.86. The molecule has 0 aromatic carbocycles. The van der Waals surface area contributed by atoms with Crippen LogP contribution < -0.4 is 0 Å². The lowest BCUT2D eigenvalue weighted by Crippen LogP contribution is -2.34. The Bertz CT molecular complexity index is 930. The van der Waals surface area contributed by atoms with Gasteiger partial charge in [0.2, 0.25) is 0 Å². The second kappa shape index (κ2) is 5.05. The van der Waals surface area contributed by atoms with Crippen molar-refractivity contribution in [1.82, 2.24) is 14.7 Å². The molecule has 0 radical (unpaired) electrons. The van der Waals surface area contributed by atoms with Crippen molar-refractivity contribution >= 4 is 21.4 Å². The van der Waals surface area contributed by atoms with Gasteiger partial charge in [-0.3, -0.25) is 9.67 Å². The fourth-order valence-electron chi connectivity index (χ4n) is 3.67. The molecular weight excluding hydrogens is 324 g/mol. The highest BCUT2D eigenvalue weighted by Gasteiger charge is 2.38. The zero-order valence-corrected chi connectivity index (χ0v) is 16.1. The smallest absolute Gasteiger partial charge is 0.192 e. The summed E-state index contributed by atoms with van der Waals surface area (Å²) in [4.78, 5) is 7.00. The second-order valence-electron chi connectivity index (χ2n) is 7.37. The third kappa shape index (κ3) is 2.51. The van der Waals surface area contributed by atoms with Crippen molar-refractivity contribution in [1.29, 1.82) is 0 Å². The number of sulfone groups is 1. The van der Waals surface area contributed by atoms with Crippen LogP contribution in [0.3, 0.4) is 0 Å². The molecule has 130 valence electrons. The van der Waals surface area contributed by atoms with Crippen molar-refractivity contribution in [2.75, 3.05) is 12.8 Å². The molecule has 1 aromatic heterocycles. The van der Waals surface area contributed by atoms with E-state index in [0.29, 0.717) is 11.3 Å². The number of hydrogen-bond acceptors (Lipinski definition) is 5. The minimum Gasteiger partial charge on any atom is -0.322 e. The molecule has 6 nitrogen and oxygen atoms in total. The lowest BCUT2D eigenvalue weighted by atomic mass is 10.00. The molecular formula is C17H24N4O2S. The van der Waals surface area contributed by atoms with Crippen LogP contribution in [0.2, 0.25) is 0 Å². The van der Waals surface area contributed by atoms with Gasteiger partial charge in [-0.05, 0) is 45.8 Å². The van der Waals surface area contributed by atoms with Gasteiger partial charge < -0.3 is 4.90 Å². The molecule has 0 unspecified atom stereocenters. The molecule has 0 aliphatic carbocycles. The van der Waals surface area contributed by atoms with Gasteiger partial charge >= 0.3 is 0 Å². The normalized spacial score (nSPS) is 20.2. The predicted octanol–water partition coefficient (Wildman–Crippen LogP) is 2.32. The topological polar surface area (TPSA) is 67.6 Å². The van der Waals surface area contributed by atoms with Crippen molar-refractivity contribution < 1.29 is 8.42 Å². The lowest BCUT2D eigenvalue weighted by molar-refractivity contribution is 0.459. The van der Waals surface area contributed by atoms with Crippen LogP contribution in [0.4, 0.5) is 0 Å². The summed E-state index contributed by atoms with van der Waals surface area (Å²) in [6, 6.07) is 0. The van der Waals surface area contributed by atoms with E-state index in [4.69, 9.17) is 4.99 Å². The highest BCUT2D eigenvalue weighted by Crippen LogP contribution is 2.38. The maximum Gasteiger partial charge on any atom is 0.192 e. The molecule has 7 heteroatoms. The van der Waals surface area contributed by atoms with E-state index in [-0.39, 0.29) is 10.6 Å². The first-order valence-corrected chi connectivity index (χ1v) is 9.82. The molecule has 2 aliphatic heterocycles. The summed E-state index contributed by atoms with van der Waals surface area (Å²) >= 11 is 0. The van der Waals surface area contributed by atoms with Gasteiger partial charge in [-0.2, -0.15) is 5.10 Å². The molecule has 1 aromatic rings. The Morgan fingerprint density at radius 1 is 1.21 bits per heavy atom. The largest absolute Gasteiger partial charge is 0.322 e. The maximum absolute atomic E-state index is 12.1. The number of aliphatic imine (C=N–C) groups is 1. The SMILES string of the molecule is CC1=CC(C)=C(c2nn(C)c(S(C)(=O)=O)c2C)N2CC(C)(C)N=C12. The number of nitrogens with zero attached hydrogens (tertiary/aromatic N) is 4. The van der Waals surface area contributed by atoms with Crippen LogP contribution in [0.15, 0.2) is 27.2 Å². The zero-order valence-electron chi connectivity index (χ0n) is 15.3. The molecule has 0 fully saturated rings. The minimum atomic E-state index is -3.34. The highest BCUT2D eigenvalue weighted by molar-refractivity contribution is 7.90. The standard InChI is InChI=1S/C17H24N4O2S/c1-10-8-11(2)15-18-17(4,5)9-21(15)14(10)13-12(3)16(20(6)19-13)24(7,22)23/h8H,9H2,1-7H3. The fraction of sp³-hybridized carbons (Fsp3) is 0.529. The van der Waals surface area contributed by atoms with E-state index < -0.39 is 9.84 Å². The van der Waals surface area contributed by atoms with Gasteiger partial charge in [0.25, 0.3) is 0 Å². The Balaban J connectivity index is 2.24. The Morgan fingerprint density at radius 2 is 1.83 bits per heavy atom. The quantitative estimate of drug-likeness (QED) is 0.822. The van der Waals surface area contributed by atoms with Gasteiger partial charge in [-0.15, -0.1) is 0 Å². The van der Waals surface area contributed by atoms with E-state index in [1.54, 1.807) is 7.05 Å². The van der Waals surface area contributed by atoms with E-state index in [0.717, 1.165) is 29.2 Å². The van der Waals surface area contributed by atoms with Gasteiger partial charge in [0.15, 0.2) is 14.9 Å². The molecule has 0 N–H and O–H groups in total. The van der Waals surface area contributed by atoms with Crippen molar-refractivity contribution in [3.63, 3.8) is 0 Å². The Morgan fingerprint density at radius 3 is 2.38 bits per heavy atom. The molecule has 0 amide bonds. The van der Waals surface area contributed by atoms with Crippen LogP contribution in [0, 0.1) is 6.92 Å². The van der Waals surface area contributed by atoms with Crippen LogP contribution in [0.25, 0.3) is 5.70 Å². The molecule has 0 atom stereocenters. The second-order valence-corrected chi connectivity index (χ2v) is 9.30.